The number of hydrogen-bond donors (Lipinski definition) is 7. The van der Waals surface area contributed by atoms with E-state index in [4.69, 9.17) is 18.9 Å². The molecule has 58 heavy (non-hydrogen) atoms. The number of esters is 1. The number of ketones is 1. The standard InChI is InChI=1S/C43H58N2O13/c1-19-12-11-13-20(2)42(54)44-27-18-28(45-16-14-29(48)34(45)25(7)46)31-32(38(27)52)37(51)24(6)40-33(31)41(53)43(9,58-40)56-17-15-30(55-10)21(3)39(57-26(8)47)23(5)36(50)22(4)35(19)49/h11-13,15,17-19,21-23,25,29-30,34-36,39,46,48-52H,14,16H2,1-10H3,(H,44,54)/b12-11-,17-15?,20-13-/t19-,21+,22+,23+,25?,29?,30-,34?,35-,36+,39+,43-/m0/s1. The lowest BCUT2D eigenvalue weighted by molar-refractivity contribution is -0.160. The number of phenolic OH excluding ortho intramolecular Hbond substituents is 2. The third kappa shape index (κ3) is 8.15. The van der Waals surface area contributed by atoms with Gasteiger partial charge >= 0.3 is 11.8 Å². The van der Waals surface area contributed by atoms with Gasteiger partial charge in [0.15, 0.2) is 5.75 Å². The van der Waals surface area contributed by atoms with Gasteiger partial charge < -0.3 is 59.8 Å². The molecule has 318 valence electrons. The van der Waals surface area contributed by atoms with Crippen molar-refractivity contribution in [2.45, 2.75) is 117 Å². The van der Waals surface area contributed by atoms with E-state index < -0.39 is 101 Å². The van der Waals surface area contributed by atoms with Crippen LogP contribution in [0.5, 0.6) is 17.2 Å². The number of allylic oxidation sites excluding steroid dienone is 2. The summed E-state index contributed by atoms with van der Waals surface area (Å²) in [6, 6.07) is 0.573. The fraction of sp³-hybridized carbons (Fsp3) is 0.558. The van der Waals surface area contributed by atoms with Gasteiger partial charge in [-0.15, -0.1) is 0 Å². The van der Waals surface area contributed by atoms with Crippen molar-refractivity contribution >= 4 is 39.8 Å². The number of Topliss-reactive ketones (excluding diaryl/α,β-unsaturated/α-hetero) is 1. The number of nitrogens with one attached hydrogen (secondary N) is 1. The number of amides is 1. The zero-order valence-electron chi connectivity index (χ0n) is 34.7. The first kappa shape index (κ1) is 44.4. The number of aromatic hydroxyl groups is 2. The Morgan fingerprint density at radius 3 is 2.29 bits per heavy atom. The number of fused-ring (bicyclic) bond motifs is 14. The number of phenols is 2. The van der Waals surface area contributed by atoms with Crippen LogP contribution in [0.25, 0.3) is 10.8 Å². The summed E-state index contributed by atoms with van der Waals surface area (Å²) in [5, 5.41) is 70.7. The molecule has 2 aromatic carbocycles. The first-order valence-corrected chi connectivity index (χ1v) is 19.6. The van der Waals surface area contributed by atoms with E-state index in [-0.39, 0.29) is 57.6 Å². The van der Waals surface area contributed by atoms with Crippen LogP contribution in [0.3, 0.4) is 0 Å². The number of benzene rings is 2. The molecule has 1 saturated heterocycles. The molecule has 12 atom stereocenters. The molecule has 2 aromatic rings. The van der Waals surface area contributed by atoms with Gasteiger partial charge in [-0.25, -0.2) is 0 Å². The fourth-order valence-corrected chi connectivity index (χ4v) is 8.54. The van der Waals surface area contributed by atoms with Crippen molar-refractivity contribution < 1.29 is 64.0 Å². The van der Waals surface area contributed by atoms with E-state index in [0.29, 0.717) is 0 Å². The number of methoxy groups -OCH3 is 1. The molecule has 15 heteroatoms. The van der Waals surface area contributed by atoms with Crippen molar-refractivity contribution in [3.8, 4) is 17.2 Å². The summed E-state index contributed by atoms with van der Waals surface area (Å²) in [4.78, 5) is 42.3. The van der Waals surface area contributed by atoms with Crippen LogP contribution in [0.15, 0.2) is 42.2 Å². The van der Waals surface area contributed by atoms with Crippen LogP contribution in [0.1, 0.15) is 77.7 Å². The molecular weight excluding hydrogens is 752 g/mol. The summed E-state index contributed by atoms with van der Waals surface area (Å²) in [6.07, 6.45) is 1.89. The number of anilines is 2. The number of rotatable bonds is 4. The van der Waals surface area contributed by atoms with Crippen LogP contribution >= 0.6 is 0 Å². The third-order valence-electron chi connectivity index (χ3n) is 12.1. The maximum atomic E-state index is 14.6. The zero-order chi connectivity index (χ0) is 43.1. The topological polar surface area (TPSA) is 225 Å². The lowest BCUT2D eigenvalue weighted by Gasteiger charge is -2.38. The number of hydrogen-bond acceptors (Lipinski definition) is 14. The van der Waals surface area contributed by atoms with Gasteiger partial charge in [0, 0.05) is 73.4 Å². The normalized spacial score (nSPS) is 34.3. The van der Waals surface area contributed by atoms with Gasteiger partial charge in [0.05, 0.1) is 59.5 Å². The average molecular weight is 811 g/mol. The summed E-state index contributed by atoms with van der Waals surface area (Å²) in [5.41, 5.74) is 0.384. The van der Waals surface area contributed by atoms with Crippen molar-refractivity contribution in [3.05, 3.63) is 53.3 Å². The second-order valence-corrected chi connectivity index (χ2v) is 16.2. The minimum atomic E-state index is -2.01. The van der Waals surface area contributed by atoms with Crippen molar-refractivity contribution in [1.29, 1.82) is 0 Å². The summed E-state index contributed by atoms with van der Waals surface area (Å²) >= 11 is 0. The lowest BCUT2D eigenvalue weighted by Crippen LogP contribution is -2.46. The molecule has 4 heterocycles. The number of nitrogens with zero attached hydrogens (tertiary/aromatic N) is 1. The number of carbonyl (C=O) groups is 3. The molecule has 1 fully saturated rings. The quantitative estimate of drug-likeness (QED) is 0.168. The maximum Gasteiger partial charge on any atom is 0.312 e. The van der Waals surface area contributed by atoms with Crippen LogP contribution in [0.2, 0.25) is 0 Å². The molecular formula is C43H58N2O13. The molecule has 0 saturated carbocycles. The Hall–Kier alpha value is -4.67. The highest BCUT2D eigenvalue weighted by Crippen LogP contribution is 2.54. The van der Waals surface area contributed by atoms with Gasteiger partial charge in [0.25, 0.3) is 11.7 Å². The molecule has 0 aromatic heterocycles. The summed E-state index contributed by atoms with van der Waals surface area (Å²) in [5.74, 6) is -7.35. The fourth-order valence-electron chi connectivity index (χ4n) is 8.54. The molecule has 15 nitrogen and oxygen atoms in total. The highest BCUT2D eigenvalue weighted by atomic mass is 16.7. The average Bonchev–Trinajstić information content (AvgIpc) is 3.69. The van der Waals surface area contributed by atoms with Crippen molar-refractivity contribution in [2.75, 3.05) is 23.9 Å². The second kappa shape index (κ2) is 17.3. The molecule has 4 aliphatic rings. The first-order valence-electron chi connectivity index (χ1n) is 19.6. The lowest BCUT2D eigenvalue weighted by atomic mass is 9.78. The van der Waals surface area contributed by atoms with Crippen LogP contribution in [0, 0.1) is 30.6 Å². The molecule has 0 spiro atoms. The third-order valence-corrected chi connectivity index (χ3v) is 12.1. The van der Waals surface area contributed by atoms with Crippen LogP contribution < -0.4 is 15.0 Å². The van der Waals surface area contributed by atoms with Crippen molar-refractivity contribution in [1.82, 2.24) is 0 Å². The van der Waals surface area contributed by atoms with E-state index in [1.807, 2.05) is 0 Å². The van der Waals surface area contributed by atoms with E-state index in [1.165, 1.54) is 59.3 Å². The Morgan fingerprint density at radius 2 is 1.67 bits per heavy atom. The molecule has 0 aliphatic carbocycles. The molecule has 0 radical (unpaired) electrons. The van der Waals surface area contributed by atoms with Gasteiger partial charge in [0.1, 0.15) is 17.6 Å². The highest BCUT2D eigenvalue weighted by molar-refractivity contribution is 6.23. The Kier molecular flexibility index (Phi) is 13.2. The van der Waals surface area contributed by atoms with Crippen LogP contribution in [-0.4, -0.2) is 110 Å². The van der Waals surface area contributed by atoms with E-state index >= 15 is 0 Å². The number of carbonyl (C=O) groups excluding carboxylic acids is 3. The SMILES string of the molecule is CO[C@H]1C=CO[C@@]2(C)Oc3c(C)c(O)c4c(O)c(cc(N5CCC(O)C5C(C)O)c4c3C2=O)NC(=O)/C(C)=C\C=C/[C@H](C)[C@H](O)[C@@H](C)[C@@H](O)[C@@H](C)[C@H](OC(C)=O)[C@@H]1C. The Morgan fingerprint density at radius 1 is 1.00 bits per heavy atom. The van der Waals surface area contributed by atoms with Gasteiger partial charge in [-0.1, -0.05) is 45.9 Å². The Labute approximate surface area is 338 Å². The van der Waals surface area contributed by atoms with E-state index in [1.54, 1.807) is 51.7 Å². The minimum absolute atomic E-state index is 0.0207. The van der Waals surface area contributed by atoms with E-state index in [9.17, 15) is 45.0 Å². The molecule has 1 amide bonds. The molecule has 7 N–H and O–H groups in total. The molecule has 4 aliphatic heterocycles. The summed E-state index contributed by atoms with van der Waals surface area (Å²) in [7, 11) is 1.44. The zero-order valence-corrected chi connectivity index (χ0v) is 34.7. The van der Waals surface area contributed by atoms with Crippen molar-refractivity contribution in [2.24, 2.45) is 23.7 Å². The van der Waals surface area contributed by atoms with Crippen molar-refractivity contribution in [3.63, 3.8) is 0 Å². The second-order valence-electron chi connectivity index (χ2n) is 16.2. The first-order chi connectivity index (χ1) is 27.2. The smallest absolute Gasteiger partial charge is 0.312 e. The Bertz CT molecular complexity index is 2010. The minimum Gasteiger partial charge on any atom is -0.507 e. The predicted octanol–water partition coefficient (Wildman–Crippen LogP) is 4.37. The van der Waals surface area contributed by atoms with E-state index in [2.05, 4.69) is 5.32 Å². The monoisotopic (exact) mass is 810 g/mol. The molecule has 6 rings (SSSR count). The number of aliphatic hydroxyl groups is 4. The predicted molar refractivity (Wildman–Crippen MR) is 216 cm³/mol. The van der Waals surface area contributed by atoms with Gasteiger partial charge in [0.2, 0.25) is 0 Å². The summed E-state index contributed by atoms with van der Waals surface area (Å²) in [6.45, 7) is 14.4. The van der Waals surface area contributed by atoms with Crippen LogP contribution in [-0.2, 0) is 23.8 Å². The Balaban J connectivity index is 1.73. The number of ether oxygens (including phenoxy) is 4. The summed E-state index contributed by atoms with van der Waals surface area (Å²) < 4.78 is 23.8. The van der Waals surface area contributed by atoms with Gasteiger partial charge in [-0.05, 0) is 39.3 Å². The van der Waals surface area contributed by atoms with E-state index in [0.717, 1.165) is 0 Å². The largest absolute Gasteiger partial charge is 0.507 e. The number of aliphatic hydroxyl groups excluding tert-OH is 4. The highest BCUT2D eigenvalue weighted by Gasteiger charge is 2.50. The van der Waals surface area contributed by atoms with Gasteiger partial charge in [-0.2, -0.15) is 0 Å². The maximum absolute atomic E-state index is 14.6. The van der Waals surface area contributed by atoms with Crippen LogP contribution in [0.4, 0.5) is 11.4 Å². The van der Waals surface area contributed by atoms with Gasteiger partial charge in [-0.3, -0.25) is 14.4 Å². The molecule has 3 unspecified atom stereocenters. The molecule has 5 bridgehead atoms.